The van der Waals surface area contributed by atoms with Crippen LogP contribution in [0.5, 0.6) is 0 Å². The first-order chi connectivity index (χ1) is 6.24. The summed E-state index contributed by atoms with van der Waals surface area (Å²) in [6.07, 6.45) is 3.83. The summed E-state index contributed by atoms with van der Waals surface area (Å²) in [6, 6.07) is 2.07. The summed E-state index contributed by atoms with van der Waals surface area (Å²) in [7, 11) is 2.07. The number of aryl methyl sites for hydroxylation is 1. The smallest absolute Gasteiger partial charge is 0.164 e. The average molecular weight is 177 g/mol. The second-order valence-electron chi connectivity index (χ2n) is 3.69. The predicted molar refractivity (Wildman–Crippen MR) is 52.1 cm³/mol. The van der Waals surface area contributed by atoms with E-state index in [1.807, 2.05) is 0 Å². The maximum atomic E-state index is 11.6. The number of aromatic nitrogens is 1. The molecule has 0 aromatic carbocycles. The fraction of sp³-hybridized carbons (Fsp3) is 0.545. The van der Waals surface area contributed by atoms with Crippen molar-refractivity contribution in [2.45, 2.75) is 32.6 Å². The molecule has 0 bridgehead atoms. The summed E-state index contributed by atoms with van der Waals surface area (Å²) in [6.45, 7) is 2.13. The molecule has 0 atom stereocenters. The van der Waals surface area contributed by atoms with Crippen molar-refractivity contribution in [3.05, 3.63) is 23.0 Å². The largest absolute Gasteiger partial charge is 0.351 e. The Hall–Kier alpha value is -1.05. The Balaban J connectivity index is 2.54. The lowest BCUT2D eigenvalue weighted by molar-refractivity contribution is 0.0972. The van der Waals surface area contributed by atoms with Crippen LogP contribution >= 0.6 is 0 Å². The first-order valence-electron chi connectivity index (χ1n) is 4.94. The monoisotopic (exact) mass is 177 g/mol. The van der Waals surface area contributed by atoms with E-state index in [-0.39, 0.29) is 0 Å². The summed E-state index contributed by atoms with van der Waals surface area (Å²) in [5.41, 5.74) is 3.50. The summed E-state index contributed by atoms with van der Waals surface area (Å²) < 4.78 is 2.19. The molecule has 1 aliphatic rings. The minimum Gasteiger partial charge on any atom is -0.351 e. The van der Waals surface area contributed by atoms with E-state index >= 15 is 0 Å². The van der Waals surface area contributed by atoms with Gasteiger partial charge in [-0.15, -0.1) is 0 Å². The predicted octanol–water partition coefficient (Wildman–Crippen LogP) is 2.11. The maximum absolute atomic E-state index is 11.6. The Bertz CT molecular complexity index is 349. The number of hydrogen-bond acceptors (Lipinski definition) is 1. The van der Waals surface area contributed by atoms with E-state index in [4.69, 9.17) is 0 Å². The number of ketones is 1. The quantitative estimate of drug-likeness (QED) is 0.644. The third kappa shape index (κ3) is 1.21. The number of carbonyl (C=O) groups is 1. The van der Waals surface area contributed by atoms with Crippen LogP contribution in [0, 0.1) is 0 Å². The van der Waals surface area contributed by atoms with Gasteiger partial charge < -0.3 is 4.57 Å². The number of fused-ring (bicyclic) bond motifs is 1. The van der Waals surface area contributed by atoms with Gasteiger partial charge in [0.05, 0.1) is 0 Å². The van der Waals surface area contributed by atoms with E-state index < -0.39 is 0 Å². The zero-order valence-electron chi connectivity index (χ0n) is 8.26. The molecule has 2 nitrogen and oxygen atoms in total. The molecule has 0 spiro atoms. The van der Waals surface area contributed by atoms with Crippen molar-refractivity contribution in [1.82, 2.24) is 4.57 Å². The lowest BCUT2D eigenvalue weighted by atomic mass is 9.97. The van der Waals surface area contributed by atoms with Gasteiger partial charge in [-0.25, -0.2) is 0 Å². The lowest BCUT2D eigenvalue weighted by Gasteiger charge is -2.12. The molecule has 2 rings (SSSR count). The van der Waals surface area contributed by atoms with Gasteiger partial charge in [0.25, 0.3) is 0 Å². The van der Waals surface area contributed by atoms with Crippen molar-refractivity contribution >= 4 is 5.78 Å². The minimum absolute atomic E-state index is 0.330. The van der Waals surface area contributed by atoms with Crippen LogP contribution < -0.4 is 0 Å². The molecule has 0 saturated heterocycles. The van der Waals surface area contributed by atoms with E-state index in [1.54, 1.807) is 0 Å². The van der Waals surface area contributed by atoms with Crippen LogP contribution in [0.3, 0.4) is 0 Å². The van der Waals surface area contributed by atoms with E-state index in [2.05, 4.69) is 24.6 Å². The number of rotatable bonds is 1. The summed E-state index contributed by atoms with van der Waals surface area (Å²) in [4.78, 5) is 11.6. The molecule has 1 aliphatic carbocycles. The van der Waals surface area contributed by atoms with Gasteiger partial charge in [-0.1, -0.05) is 6.92 Å². The van der Waals surface area contributed by atoms with Crippen LogP contribution in [0.15, 0.2) is 6.07 Å². The molecule has 0 aliphatic heterocycles. The molecule has 2 heteroatoms. The van der Waals surface area contributed by atoms with Gasteiger partial charge in [-0.2, -0.15) is 0 Å². The first kappa shape index (κ1) is 8.54. The van der Waals surface area contributed by atoms with E-state index in [0.717, 1.165) is 31.2 Å². The van der Waals surface area contributed by atoms with Gasteiger partial charge >= 0.3 is 0 Å². The molecule has 1 heterocycles. The molecule has 0 unspecified atom stereocenters. The third-order valence-electron chi connectivity index (χ3n) is 2.94. The third-order valence-corrected chi connectivity index (χ3v) is 2.94. The Morgan fingerprint density at radius 3 is 2.85 bits per heavy atom. The molecule has 0 saturated carbocycles. The molecule has 0 amide bonds. The Morgan fingerprint density at radius 1 is 1.46 bits per heavy atom. The second-order valence-corrected chi connectivity index (χ2v) is 3.69. The van der Waals surface area contributed by atoms with Crippen LogP contribution in [-0.2, 0) is 19.9 Å². The molecular weight excluding hydrogens is 162 g/mol. The molecular formula is C11H15NO. The van der Waals surface area contributed by atoms with Crippen molar-refractivity contribution in [3.8, 4) is 0 Å². The number of Topliss-reactive ketones (excluding diaryl/α,β-unsaturated/α-hetero) is 1. The Kier molecular flexibility index (Phi) is 1.98. The van der Waals surface area contributed by atoms with Crippen molar-refractivity contribution in [3.63, 3.8) is 0 Å². The topological polar surface area (TPSA) is 22.0 Å². The van der Waals surface area contributed by atoms with Crippen molar-refractivity contribution in [1.29, 1.82) is 0 Å². The van der Waals surface area contributed by atoms with Crippen LogP contribution in [0.2, 0.25) is 0 Å². The first-order valence-corrected chi connectivity index (χ1v) is 4.94. The highest BCUT2D eigenvalue weighted by molar-refractivity contribution is 5.98. The molecule has 70 valence electrons. The standard InChI is InChI=1S/C11H15NO/c1-3-8-7-9-10(12(8)2)5-4-6-11(9)13/h7H,3-6H2,1-2H3. The van der Waals surface area contributed by atoms with Gasteiger partial charge in [-0.3, -0.25) is 4.79 Å². The Labute approximate surface area is 78.6 Å². The van der Waals surface area contributed by atoms with Gasteiger partial charge in [0.2, 0.25) is 0 Å². The van der Waals surface area contributed by atoms with Crippen LogP contribution in [0.25, 0.3) is 0 Å². The molecule has 0 fully saturated rings. The van der Waals surface area contributed by atoms with Crippen molar-refractivity contribution in [2.75, 3.05) is 0 Å². The normalized spacial score (nSPS) is 16.0. The van der Waals surface area contributed by atoms with Crippen LogP contribution in [0.4, 0.5) is 0 Å². The molecule has 0 radical (unpaired) electrons. The highest BCUT2D eigenvalue weighted by Crippen LogP contribution is 2.24. The average Bonchev–Trinajstić information content (AvgIpc) is 2.45. The van der Waals surface area contributed by atoms with Gasteiger partial charge in [0.1, 0.15) is 0 Å². The van der Waals surface area contributed by atoms with Gasteiger partial charge in [-0.05, 0) is 25.3 Å². The fourth-order valence-electron chi connectivity index (χ4n) is 2.13. The second kappa shape index (κ2) is 3.02. The summed E-state index contributed by atoms with van der Waals surface area (Å²) in [5.74, 6) is 0.330. The van der Waals surface area contributed by atoms with Crippen molar-refractivity contribution in [2.24, 2.45) is 7.05 Å². The van der Waals surface area contributed by atoms with Crippen molar-refractivity contribution < 1.29 is 4.79 Å². The zero-order valence-corrected chi connectivity index (χ0v) is 8.26. The van der Waals surface area contributed by atoms with E-state index in [9.17, 15) is 4.79 Å². The Morgan fingerprint density at radius 2 is 2.23 bits per heavy atom. The maximum Gasteiger partial charge on any atom is 0.164 e. The van der Waals surface area contributed by atoms with Crippen LogP contribution in [-0.4, -0.2) is 10.4 Å². The zero-order chi connectivity index (χ0) is 9.42. The summed E-state index contributed by atoms with van der Waals surface area (Å²) >= 11 is 0. The summed E-state index contributed by atoms with van der Waals surface area (Å²) in [5, 5.41) is 0. The van der Waals surface area contributed by atoms with E-state index in [0.29, 0.717) is 5.78 Å². The SMILES string of the molecule is CCc1cc2c(n1C)CCCC2=O. The highest BCUT2D eigenvalue weighted by Gasteiger charge is 2.21. The number of nitrogens with zero attached hydrogens (tertiary/aromatic N) is 1. The lowest BCUT2D eigenvalue weighted by Crippen LogP contribution is -2.11. The fourth-order valence-corrected chi connectivity index (χ4v) is 2.13. The molecule has 0 N–H and O–H groups in total. The van der Waals surface area contributed by atoms with Gasteiger partial charge in [0, 0.05) is 30.4 Å². The molecule has 1 aromatic heterocycles. The van der Waals surface area contributed by atoms with E-state index in [1.165, 1.54) is 11.4 Å². The van der Waals surface area contributed by atoms with Crippen LogP contribution in [0.1, 0.15) is 41.5 Å². The molecule has 1 aromatic rings. The highest BCUT2D eigenvalue weighted by atomic mass is 16.1. The minimum atomic E-state index is 0.330. The van der Waals surface area contributed by atoms with Gasteiger partial charge in [0.15, 0.2) is 5.78 Å². The number of hydrogen-bond donors (Lipinski definition) is 0. The number of carbonyl (C=O) groups excluding carboxylic acids is 1. The molecule has 13 heavy (non-hydrogen) atoms.